The first-order chi connectivity index (χ1) is 25.6. The van der Waals surface area contributed by atoms with Crippen LogP contribution in [0.4, 0.5) is 0 Å². The van der Waals surface area contributed by atoms with Crippen molar-refractivity contribution in [1.29, 1.82) is 0 Å². The first-order valence-electron chi connectivity index (χ1n) is 23.6. The van der Waals surface area contributed by atoms with Gasteiger partial charge in [0.15, 0.2) is 6.10 Å². The minimum absolute atomic E-state index is 0.0966. The zero-order chi connectivity index (χ0) is 37.8. The monoisotopic (exact) mass is 737 g/mol. The molecule has 0 fully saturated rings. The van der Waals surface area contributed by atoms with Crippen molar-refractivity contribution >= 4 is 11.9 Å². The van der Waals surface area contributed by atoms with Gasteiger partial charge in [0.05, 0.1) is 6.61 Å². The Morgan fingerprint density at radius 1 is 0.346 bits per heavy atom. The van der Waals surface area contributed by atoms with Crippen LogP contribution in [0.1, 0.15) is 265 Å². The van der Waals surface area contributed by atoms with Crippen LogP contribution < -0.4 is 0 Å². The summed E-state index contributed by atoms with van der Waals surface area (Å²) < 4.78 is 17.3. The molecule has 1 unspecified atom stereocenters. The molecule has 5 nitrogen and oxygen atoms in total. The second kappa shape index (κ2) is 44.3. The Morgan fingerprint density at radius 3 is 0.981 bits per heavy atom. The largest absolute Gasteiger partial charge is 0.462 e. The molecule has 0 aromatic carbocycles. The molecular weight excluding hydrogens is 645 g/mol. The van der Waals surface area contributed by atoms with E-state index in [1.807, 2.05) is 0 Å². The van der Waals surface area contributed by atoms with Gasteiger partial charge < -0.3 is 14.2 Å². The number of hydrogen-bond acceptors (Lipinski definition) is 5. The van der Waals surface area contributed by atoms with Crippen molar-refractivity contribution < 1.29 is 23.8 Å². The zero-order valence-corrected chi connectivity index (χ0v) is 35.6. The minimum Gasteiger partial charge on any atom is -0.462 e. The highest BCUT2D eigenvalue weighted by atomic mass is 16.6. The summed E-state index contributed by atoms with van der Waals surface area (Å²) in [5, 5.41) is 0. The molecule has 52 heavy (non-hydrogen) atoms. The third-order valence-electron chi connectivity index (χ3n) is 10.6. The molecule has 0 spiro atoms. The van der Waals surface area contributed by atoms with Crippen LogP contribution in [0, 0.1) is 0 Å². The molecule has 0 bridgehead atoms. The summed E-state index contributed by atoms with van der Waals surface area (Å²) in [6.07, 6.45) is 46.7. The standard InChI is InChI=1S/C47H92O5/c1-4-7-10-13-16-19-21-22-23-24-25-27-30-33-36-39-42-50-43-45(52-47(49)41-38-35-32-28-18-15-12-9-6-3)44-51-46(48)40-37-34-31-29-26-20-17-14-11-8-5-2/h45H,4-44H2,1-3H3. The lowest BCUT2D eigenvalue weighted by Crippen LogP contribution is -2.30. The molecular formula is C47H92O5. The van der Waals surface area contributed by atoms with Crippen LogP contribution in [0.3, 0.4) is 0 Å². The van der Waals surface area contributed by atoms with Gasteiger partial charge in [0, 0.05) is 19.4 Å². The lowest BCUT2D eigenvalue weighted by molar-refractivity contribution is -0.163. The lowest BCUT2D eigenvalue weighted by atomic mass is 10.0. The van der Waals surface area contributed by atoms with Gasteiger partial charge in [0.25, 0.3) is 0 Å². The molecule has 0 amide bonds. The summed E-state index contributed by atoms with van der Waals surface area (Å²) in [7, 11) is 0. The Morgan fingerprint density at radius 2 is 0.635 bits per heavy atom. The fraction of sp³-hybridized carbons (Fsp3) is 0.957. The van der Waals surface area contributed by atoms with E-state index in [9.17, 15) is 9.59 Å². The Balaban J connectivity index is 4.13. The second-order valence-corrected chi connectivity index (χ2v) is 16.0. The van der Waals surface area contributed by atoms with E-state index in [2.05, 4.69) is 20.8 Å². The van der Waals surface area contributed by atoms with E-state index in [-0.39, 0.29) is 18.5 Å². The molecule has 0 aliphatic carbocycles. The molecule has 0 saturated carbocycles. The molecule has 0 heterocycles. The number of ether oxygens (including phenoxy) is 3. The van der Waals surface area contributed by atoms with Gasteiger partial charge in [-0.1, -0.05) is 233 Å². The highest BCUT2D eigenvalue weighted by Crippen LogP contribution is 2.16. The van der Waals surface area contributed by atoms with Crippen LogP contribution in [-0.2, 0) is 23.8 Å². The van der Waals surface area contributed by atoms with E-state index in [4.69, 9.17) is 14.2 Å². The van der Waals surface area contributed by atoms with Gasteiger partial charge in [0.1, 0.15) is 6.61 Å². The fourth-order valence-electron chi connectivity index (χ4n) is 7.10. The maximum atomic E-state index is 12.7. The third-order valence-corrected chi connectivity index (χ3v) is 10.6. The number of carbonyl (C=O) groups is 2. The van der Waals surface area contributed by atoms with E-state index in [0.29, 0.717) is 26.1 Å². The number of esters is 2. The highest BCUT2D eigenvalue weighted by Gasteiger charge is 2.17. The van der Waals surface area contributed by atoms with E-state index >= 15 is 0 Å². The predicted octanol–water partition coefficient (Wildman–Crippen LogP) is 15.3. The van der Waals surface area contributed by atoms with Crippen LogP contribution in [0.15, 0.2) is 0 Å². The van der Waals surface area contributed by atoms with Crippen molar-refractivity contribution in [2.75, 3.05) is 19.8 Å². The molecule has 0 aliphatic rings. The van der Waals surface area contributed by atoms with Gasteiger partial charge in [-0.05, 0) is 19.3 Å². The van der Waals surface area contributed by atoms with Gasteiger partial charge >= 0.3 is 11.9 Å². The van der Waals surface area contributed by atoms with Crippen molar-refractivity contribution in [2.24, 2.45) is 0 Å². The van der Waals surface area contributed by atoms with Crippen molar-refractivity contribution in [3.8, 4) is 0 Å². The Hall–Kier alpha value is -1.10. The second-order valence-electron chi connectivity index (χ2n) is 16.0. The first-order valence-corrected chi connectivity index (χ1v) is 23.6. The number of hydrogen-bond donors (Lipinski definition) is 0. The van der Waals surface area contributed by atoms with Crippen molar-refractivity contribution in [1.82, 2.24) is 0 Å². The Labute approximate surface area is 325 Å². The van der Waals surface area contributed by atoms with E-state index in [1.165, 1.54) is 199 Å². The topological polar surface area (TPSA) is 61.8 Å². The van der Waals surface area contributed by atoms with Gasteiger partial charge in [-0.15, -0.1) is 0 Å². The Kier molecular flexibility index (Phi) is 43.4. The normalized spacial score (nSPS) is 12.0. The Bertz CT molecular complexity index is 710. The maximum absolute atomic E-state index is 12.7. The van der Waals surface area contributed by atoms with Gasteiger partial charge in [0.2, 0.25) is 0 Å². The van der Waals surface area contributed by atoms with E-state index in [1.54, 1.807) is 0 Å². The van der Waals surface area contributed by atoms with Gasteiger partial charge in [-0.25, -0.2) is 0 Å². The number of carbonyl (C=O) groups excluding carboxylic acids is 2. The van der Waals surface area contributed by atoms with Crippen molar-refractivity contribution in [2.45, 2.75) is 271 Å². The predicted molar refractivity (Wildman–Crippen MR) is 224 cm³/mol. The van der Waals surface area contributed by atoms with E-state index in [0.717, 1.165) is 32.1 Å². The van der Waals surface area contributed by atoms with Crippen LogP contribution in [0.5, 0.6) is 0 Å². The molecule has 0 aromatic heterocycles. The summed E-state index contributed by atoms with van der Waals surface area (Å²) >= 11 is 0. The maximum Gasteiger partial charge on any atom is 0.306 e. The SMILES string of the molecule is CCCCCCCCCCCCCCCCCCOCC(COC(=O)CCCCCCCCCCCCC)OC(=O)CCCCCCCCCCC. The molecule has 0 radical (unpaired) electrons. The van der Waals surface area contributed by atoms with Crippen molar-refractivity contribution in [3.63, 3.8) is 0 Å². The summed E-state index contributed by atoms with van der Waals surface area (Å²) in [6, 6.07) is 0. The average Bonchev–Trinajstić information content (AvgIpc) is 3.14. The first kappa shape index (κ1) is 50.9. The smallest absolute Gasteiger partial charge is 0.306 e. The van der Waals surface area contributed by atoms with Gasteiger partial charge in [-0.3, -0.25) is 9.59 Å². The van der Waals surface area contributed by atoms with Crippen molar-refractivity contribution in [3.05, 3.63) is 0 Å². The van der Waals surface area contributed by atoms with Crippen LogP contribution in [0.2, 0.25) is 0 Å². The molecule has 0 aliphatic heterocycles. The number of unbranched alkanes of at least 4 members (excludes halogenated alkanes) is 33. The third kappa shape index (κ3) is 41.7. The van der Waals surface area contributed by atoms with Crippen LogP contribution >= 0.6 is 0 Å². The minimum atomic E-state index is -0.520. The molecule has 310 valence electrons. The molecule has 5 heteroatoms. The fourth-order valence-corrected chi connectivity index (χ4v) is 7.10. The summed E-state index contributed by atoms with van der Waals surface area (Å²) in [6.45, 7) is 7.86. The summed E-state index contributed by atoms with van der Waals surface area (Å²) in [5.41, 5.74) is 0. The molecule has 0 aromatic rings. The quantitative estimate of drug-likeness (QED) is 0.0460. The molecule has 0 saturated heterocycles. The number of rotatable bonds is 44. The van der Waals surface area contributed by atoms with Gasteiger partial charge in [-0.2, -0.15) is 0 Å². The highest BCUT2D eigenvalue weighted by molar-refractivity contribution is 5.70. The summed E-state index contributed by atoms with van der Waals surface area (Å²) in [5.74, 6) is -0.380. The average molecular weight is 737 g/mol. The van der Waals surface area contributed by atoms with E-state index < -0.39 is 6.10 Å². The molecule has 1 atom stereocenters. The zero-order valence-electron chi connectivity index (χ0n) is 35.6. The van der Waals surface area contributed by atoms with Crippen LogP contribution in [0.25, 0.3) is 0 Å². The lowest BCUT2D eigenvalue weighted by Gasteiger charge is -2.18. The molecule has 0 rings (SSSR count). The summed E-state index contributed by atoms with van der Waals surface area (Å²) in [4.78, 5) is 25.2. The molecule has 0 N–H and O–H groups in total. The van der Waals surface area contributed by atoms with Crippen LogP contribution in [-0.4, -0.2) is 37.9 Å².